The lowest BCUT2D eigenvalue weighted by Crippen LogP contribution is -1.99. The van der Waals surface area contributed by atoms with E-state index in [9.17, 15) is 4.79 Å². The molecule has 1 saturated carbocycles. The van der Waals surface area contributed by atoms with Crippen molar-refractivity contribution in [2.75, 3.05) is 0 Å². The zero-order valence-electron chi connectivity index (χ0n) is 11.8. The Labute approximate surface area is 136 Å². The Hall–Kier alpha value is -1.72. The molecular formula is C17H14N2OS2. The average Bonchev–Trinajstić information content (AvgIpc) is 3.21. The Morgan fingerprint density at radius 3 is 2.86 bits per heavy atom. The van der Waals surface area contributed by atoms with Crippen LogP contribution in [0.1, 0.15) is 28.7 Å². The first-order valence-corrected chi connectivity index (χ1v) is 8.95. The maximum absolute atomic E-state index is 11.2. The summed E-state index contributed by atoms with van der Waals surface area (Å²) in [6.07, 6.45) is 1.14. The fourth-order valence-corrected chi connectivity index (χ4v) is 4.90. The van der Waals surface area contributed by atoms with Gasteiger partial charge in [-0.25, -0.2) is 0 Å². The van der Waals surface area contributed by atoms with Crippen LogP contribution in [0.3, 0.4) is 0 Å². The van der Waals surface area contributed by atoms with Gasteiger partial charge in [0.2, 0.25) is 0 Å². The standard InChI is InChI=1S/C17H14N2OS2/c20-10-21-16(12-7-4-8-15-17(12)22-19-18-15)14-9-13(14)11-5-2-1-3-6-11/h1-8,10,13-14,16H,9H2. The van der Waals surface area contributed by atoms with E-state index in [0.717, 1.165) is 22.3 Å². The first-order chi connectivity index (χ1) is 10.9. The van der Waals surface area contributed by atoms with E-state index < -0.39 is 0 Å². The van der Waals surface area contributed by atoms with Crippen LogP contribution in [0, 0.1) is 5.92 Å². The van der Waals surface area contributed by atoms with Gasteiger partial charge < -0.3 is 0 Å². The molecule has 0 radical (unpaired) electrons. The molecule has 110 valence electrons. The van der Waals surface area contributed by atoms with Gasteiger partial charge in [-0.15, -0.1) is 5.10 Å². The monoisotopic (exact) mass is 326 g/mol. The maximum Gasteiger partial charge on any atom is 0.176 e. The molecule has 4 rings (SSSR count). The second-order valence-corrected chi connectivity index (χ2v) is 7.26. The van der Waals surface area contributed by atoms with Crippen LogP contribution in [0.5, 0.6) is 0 Å². The molecule has 3 nitrogen and oxygen atoms in total. The van der Waals surface area contributed by atoms with E-state index >= 15 is 0 Å². The molecular weight excluding hydrogens is 312 g/mol. The first-order valence-electron chi connectivity index (χ1n) is 7.23. The molecule has 0 aliphatic heterocycles. The molecule has 2 aromatic carbocycles. The minimum Gasteiger partial charge on any atom is -0.291 e. The number of nitrogens with zero attached hydrogens (tertiary/aromatic N) is 2. The Morgan fingerprint density at radius 1 is 1.18 bits per heavy atom. The lowest BCUT2D eigenvalue weighted by atomic mass is 10.0. The molecule has 3 unspecified atom stereocenters. The number of aromatic nitrogens is 2. The third-order valence-corrected chi connectivity index (χ3v) is 6.07. The van der Waals surface area contributed by atoms with Crippen LogP contribution in [0.25, 0.3) is 10.2 Å². The van der Waals surface area contributed by atoms with E-state index in [1.54, 1.807) is 0 Å². The number of hydrogen-bond donors (Lipinski definition) is 0. The van der Waals surface area contributed by atoms with Crippen LogP contribution >= 0.6 is 23.3 Å². The average molecular weight is 326 g/mol. The molecule has 0 spiro atoms. The molecule has 1 aliphatic carbocycles. The number of carbonyl (C=O) groups is 1. The number of fused-ring (bicyclic) bond motifs is 1. The zero-order chi connectivity index (χ0) is 14.9. The van der Waals surface area contributed by atoms with Crippen molar-refractivity contribution in [2.45, 2.75) is 17.6 Å². The molecule has 0 bridgehead atoms. The van der Waals surface area contributed by atoms with E-state index in [-0.39, 0.29) is 5.25 Å². The zero-order valence-corrected chi connectivity index (χ0v) is 13.4. The van der Waals surface area contributed by atoms with E-state index in [1.165, 1.54) is 34.4 Å². The smallest absolute Gasteiger partial charge is 0.176 e. The van der Waals surface area contributed by atoms with Gasteiger partial charge in [0.05, 0.1) is 4.70 Å². The van der Waals surface area contributed by atoms with Crippen LogP contribution < -0.4 is 0 Å². The molecule has 5 heteroatoms. The van der Waals surface area contributed by atoms with Crippen molar-refractivity contribution in [2.24, 2.45) is 5.92 Å². The van der Waals surface area contributed by atoms with Crippen molar-refractivity contribution in [3.8, 4) is 0 Å². The minimum absolute atomic E-state index is 0.189. The topological polar surface area (TPSA) is 42.9 Å². The van der Waals surface area contributed by atoms with Crippen LogP contribution in [0.4, 0.5) is 0 Å². The van der Waals surface area contributed by atoms with Crippen LogP contribution in [0.2, 0.25) is 0 Å². The normalized spacial score (nSPS) is 21.6. The van der Waals surface area contributed by atoms with Crippen molar-refractivity contribution in [1.29, 1.82) is 0 Å². The number of thioether (sulfide) groups is 1. The van der Waals surface area contributed by atoms with Gasteiger partial charge in [0.15, 0.2) is 5.62 Å². The van der Waals surface area contributed by atoms with Gasteiger partial charge in [0.25, 0.3) is 0 Å². The number of hydrogen-bond acceptors (Lipinski definition) is 5. The van der Waals surface area contributed by atoms with Gasteiger partial charge >= 0.3 is 0 Å². The number of benzene rings is 2. The van der Waals surface area contributed by atoms with Crippen molar-refractivity contribution >= 4 is 39.1 Å². The summed E-state index contributed by atoms with van der Waals surface area (Å²) in [5, 5.41) is 4.34. The van der Waals surface area contributed by atoms with E-state index in [2.05, 4.69) is 39.9 Å². The van der Waals surface area contributed by atoms with E-state index in [0.29, 0.717) is 11.8 Å². The minimum atomic E-state index is 0.189. The van der Waals surface area contributed by atoms with E-state index in [1.807, 2.05) is 18.2 Å². The Morgan fingerprint density at radius 2 is 2.05 bits per heavy atom. The molecule has 1 heterocycles. The van der Waals surface area contributed by atoms with Crippen LogP contribution in [-0.4, -0.2) is 15.2 Å². The quantitative estimate of drug-likeness (QED) is 0.649. The van der Waals surface area contributed by atoms with Crippen molar-refractivity contribution in [3.05, 3.63) is 59.7 Å². The maximum atomic E-state index is 11.2. The molecule has 0 N–H and O–H groups in total. The highest BCUT2D eigenvalue weighted by Gasteiger charge is 2.45. The van der Waals surface area contributed by atoms with Crippen molar-refractivity contribution in [3.63, 3.8) is 0 Å². The fraction of sp³-hybridized carbons (Fsp3) is 0.235. The van der Waals surface area contributed by atoms with E-state index in [4.69, 9.17) is 0 Å². The second-order valence-electron chi connectivity index (χ2n) is 5.54. The summed E-state index contributed by atoms with van der Waals surface area (Å²) >= 11 is 2.81. The third kappa shape index (κ3) is 2.44. The lowest BCUT2D eigenvalue weighted by Gasteiger charge is -2.14. The van der Waals surface area contributed by atoms with Gasteiger partial charge in [0.1, 0.15) is 5.52 Å². The van der Waals surface area contributed by atoms with Crippen molar-refractivity contribution in [1.82, 2.24) is 9.59 Å². The molecule has 0 amide bonds. The lowest BCUT2D eigenvalue weighted by molar-refractivity contribution is 0.569. The highest BCUT2D eigenvalue weighted by molar-refractivity contribution is 8.12. The summed E-state index contributed by atoms with van der Waals surface area (Å²) in [5.74, 6) is 1.06. The van der Waals surface area contributed by atoms with Crippen LogP contribution in [-0.2, 0) is 4.79 Å². The fourth-order valence-electron chi connectivity index (χ4n) is 3.15. The summed E-state index contributed by atoms with van der Waals surface area (Å²) in [6.45, 7) is 0. The summed E-state index contributed by atoms with van der Waals surface area (Å²) in [5.41, 5.74) is 4.47. The molecule has 1 aliphatic rings. The highest BCUT2D eigenvalue weighted by Crippen LogP contribution is 2.59. The molecule has 1 fully saturated rings. The molecule has 3 atom stereocenters. The molecule has 22 heavy (non-hydrogen) atoms. The Bertz CT molecular complexity index is 803. The molecule has 3 aromatic rings. The predicted molar refractivity (Wildman–Crippen MR) is 91.8 cm³/mol. The Kier molecular flexibility index (Phi) is 3.68. The third-order valence-electron chi connectivity index (χ3n) is 4.27. The van der Waals surface area contributed by atoms with Gasteiger partial charge in [-0.3, -0.25) is 4.79 Å². The van der Waals surface area contributed by atoms with Gasteiger partial charge in [0, 0.05) is 5.25 Å². The second kappa shape index (κ2) is 5.82. The summed E-state index contributed by atoms with van der Waals surface area (Å²) in [6, 6.07) is 16.7. The van der Waals surface area contributed by atoms with Crippen molar-refractivity contribution < 1.29 is 4.79 Å². The SMILES string of the molecule is O=CSC(c1cccc2nnsc12)C1CC1c1ccccc1. The van der Waals surface area contributed by atoms with Gasteiger partial charge in [-0.2, -0.15) is 0 Å². The highest BCUT2D eigenvalue weighted by atomic mass is 32.2. The van der Waals surface area contributed by atoms with Gasteiger partial charge in [-0.1, -0.05) is 58.7 Å². The largest absolute Gasteiger partial charge is 0.291 e. The predicted octanol–water partition coefficient (Wildman–Crippen LogP) is 4.46. The van der Waals surface area contributed by atoms with Crippen LogP contribution in [0.15, 0.2) is 48.5 Å². The molecule has 0 saturated heterocycles. The number of rotatable bonds is 5. The summed E-state index contributed by atoms with van der Waals surface area (Å²) < 4.78 is 5.17. The summed E-state index contributed by atoms with van der Waals surface area (Å²) in [7, 11) is 0. The Balaban J connectivity index is 1.68. The molecule has 1 aromatic heterocycles. The van der Waals surface area contributed by atoms with Gasteiger partial charge in [-0.05, 0) is 47.0 Å². The first kappa shape index (κ1) is 13.9. The number of carbonyl (C=O) groups excluding carboxylic acids is 1. The summed E-state index contributed by atoms with van der Waals surface area (Å²) in [4.78, 5) is 11.2.